The number of amides is 1. The van der Waals surface area contributed by atoms with Crippen molar-refractivity contribution in [2.24, 2.45) is 0 Å². The Labute approximate surface area is 87.7 Å². The summed E-state index contributed by atoms with van der Waals surface area (Å²) in [5.41, 5.74) is 3.49. The van der Waals surface area contributed by atoms with E-state index in [4.69, 9.17) is 0 Å². The molecule has 0 aliphatic carbocycles. The Morgan fingerprint density at radius 1 is 1.47 bits per heavy atom. The van der Waals surface area contributed by atoms with Crippen LogP contribution in [0.2, 0.25) is 0 Å². The lowest BCUT2D eigenvalue weighted by Crippen LogP contribution is -2.25. The highest BCUT2D eigenvalue weighted by Gasteiger charge is 2.22. The molecule has 3 rings (SSSR count). The van der Waals surface area contributed by atoms with Gasteiger partial charge >= 0.3 is 0 Å². The summed E-state index contributed by atoms with van der Waals surface area (Å²) in [5.74, 6) is 0.128. The van der Waals surface area contributed by atoms with Gasteiger partial charge in [0, 0.05) is 36.3 Å². The molecule has 1 amide bonds. The number of rotatable bonds is 0. The molecule has 1 aliphatic heterocycles. The van der Waals surface area contributed by atoms with Gasteiger partial charge in [0.1, 0.15) is 0 Å². The van der Waals surface area contributed by atoms with Gasteiger partial charge in [0.2, 0.25) is 5.91 Å². The molecule has 76 valence electrons. The molecule has 2 aromatic rings. The van der Waals surface area contributed by atoms with Gasteiger partial charge in [-0.15, -0.1) is 0 Å². The van der Waals surface area contributed by atoms with Crippen LogP contribution < -0.4 is 4.90 Å². The summed E-state index contributed by atoms with van der Waals surface area (Å²) in [7, 11) is 0. The SMILES string of the molecule is CC(=O)N1CCc2cc3[nH]ccc3cc21. The number of hydrogen-bond acceptors (Lipinski definition) is 1. The zero-order chi connectivity index (χ0) is 10.4. The van der Waals surface area contributed by atoms with Crippen molar-refractivity contribution >= 4 is 22.5 Å². The van der Waals surface area contributed by atoms with Gasteiger partial charge in [-0.2, -0.15) is 0 Å². The van der Waals surface area contributed by atoms with E-state index in [9.17, 15) is 4.79 Å². The van der Waals surface area contributed by atoms with Crippen molar-refractivity contribution in [3.63, 3.8) is 0 Å². The Morgan fingerprint density at radius 3 is 3.13 bits per heavy atom. The number of carbonyl (C=O) groups excluding carboxylic acids is 1. The van der Waals surface area contributed by atoms with Crippen LogP contribution in [-0.2, 0) is 11.2 Å². The predicted octanol–water partition coefficient (Wildman–Crippen LogP) is 2.08. The van der Waals surface area contributed by atoms with Crippen molar-refractivity contribution in [2.75, 3.05) is 11.4 Å². The molecular weight excluding hydrogens is 188 g/mol. The predicted molar refractivity (Wildman–Crippen MR) is 60.0 cm³/mol. The van der Waals surface area contributed by atoms with Gasteiger partial charge in [-0.05, 0) is 30.2 Å². The van der Waals surface area contributed by atoms with Gasteiger partial charge in [0.05, 0.1) is 0 Å². The zero-order valence-electron chi connectivity index (χ0n) is 8.58. The van der Waals surface area contributed by atoms with E-state index in [2.05, 4.69) is 17.1 Å². The first-order chi connectivity index (χ1) is 7.25. The number of carbonyl (C=O) groups is 1. The van der Waals surface area contributed by atoms with E-state index in [1.165, 1.54) is 10.9 Å². The zero-order valence-corrected chi connectivity index (χ0v) is 8.58. The van der Waals surface area contributed by atoms with E-state index in [0.717, 1.165) is 24.2 Å². The first kappa shape index (κ1) is 8.53. The van der Waals surface area contributed by atoms with Crippen molar-refractivity contribution < 1.29 is 4.79 Å². The van der Waals surface area contributed by atoms with Gasteiger partial charge < -0.3 is 9.88 Å². The van der Waals surface area contributed by atoms with Crippen molar-refractivity contribution in [1.29, 1.82) is 0 Å². The van der Waals surface area contributed by atoms with E-state index >= 15 is 0 Å². The van der Waals surface area contributed by atoms with Crippen LogP contribution in [0.15, 0.2) is 24.4 Å². The van der Waals surface area contributed by atoms with Crippen molar-refractivity contribution in [3.8, 4) is 0 Å². The van der Waals surface area contributed by atoms with Crippen LogP contribution in [-0.4, -0.2) is 17.4 Å². The third kappa shape index (κ3) is 1.16. The maximum absolute atomic E-state index is 11.4. The normalized spacial score (nSPS) is 14.6. The molecule has 2 heterocycles. The van der Waals surface area contributed by atoms with Crippen LogP contribution in [0.5, 0.6) is 0 Å². The molecule has 0 fully saturated rings. The topological polar surface area (TPSA) is 36.1 Å². The Hall–Kier alpha value is -1.77. The molecule has 3 nitrogen and oxygen atoms in total. The Balaban J connectivity index is 2.22. The van der Waals surface area contributed by atoms with Crippen LogP contribution >= 0.6 is 0 Å². The van der Waals surface area contributed by atoms with Crippen LogP contribution in [0, 0.1) is 0 Å². The van der Waals surface area contributed by atoms with Crippen molar-refractivity contribution in [1.82, 2.24) is 4.98 Å². The monoisotopic (exact) mass is 200 g/mol. The molecule has 1 aliphatic rings. The summed E-state index contributed by atoms with van der Waals surface area (Å²) >= 11 is 0. The van der Waals surface area contributed by atoms with E-state index in [0.29, 0.717) is 0 Å². The highest BCUT2D eigenvalue weighted by Crippen LogP contribution is 2.31. The average Bonchev–Trinajstić information content (AvgIpc) is 2.77. The smallest absolute Gasteiger partial charge is 0.223 e. The molecule has 0 saturated carbocycles. The molecular formula is C12H12N2O. The summed E-state index contributed by atoms with van der Waals surface area (Å²) in [5, 5.41) is 1.17. The van der Waals surface area contributed by atoms with Crippen LogP contribution in [0.1, 0.15) is 12.5 Å². The second kappa shape index (κ2) is 2.86. The molecule has 0 unspecified atom stereocenters. The summed E-state index contributed by atoms with van der Waals surface area (Å²) in [4.78, 5) is 16.4. The molecule has 3 heteroatoms. The molecule has 1 aromatic heterocycles. The molecule has 0 bridgehead atoms. The van der Waals surface area contributed by atoms with Gasteiger partial charge in [-0.1, -0.05) is 0 Å². The lowest BCUT2D eigenvalue weighted by atomic mass is 10.1. The lowest BCUT2D eigenvalue weighted by molar-refractivity contribution is -0.116. The number of benzene rings is 1. The maximum Gasteiger partial charge on any atom is 0.223 e. The van der Waals surface area contributed by atoms with Crippen molar-refractivity contribution in [3.05, 3.63) is 30.0 Å². The number of anilines is 1. The molecule has 1 N–H and O–H groups in total. The first-order valence-electron chi connectivity index (χ1n) is 5.14. The maximum atomic E-state index is 11.4. The highest BCUT2D eigenvalue weighted by molar-refractivity contribution is 5.97. The number of hydrogen-bond donors (Lipinski definition) is 1. The Bertz CT molecular complexity index is 542. The quantitative estimate of drug-likeness (QED) is 0.694. The fraction of sp³-hybridized carbons (Fsp3) is 0.250. The van der Waals surface area contributed by atoms with Crippen LogP contribution in [0.25, 0.3) is 10.9 Å². The summed E-state index contributed by atoms with van der Waals surface area (Å²) in [6.45, 7) is 2.44. The number of H-pyrrole nitrogens is 1. The standard InChI is InChI=1S/C12H12N2O/c1-8(15)14-5-3-10-6-11-9(2-4-13-11)7-12(10)14/h2,4,6-7,13H,3,5H2,1H3. The number of aromatic nitrogens is 1. The first-order valence-corrected chi connectivity index (χ1v) is 5.14. The average molecular weight is 200 g/mol. The van der Waals surface area contributed by atoms with Crippen LogP contribution in [0.3, 0.4) is 0 Å². The van der Waals surface area contributed by atoms with Gasteiger partial charge in [0.15, 0.2) is 0 Å². The Kier molecular flexibility index (Phi) is 1.63. The molecule has 0 atom stereocenters. The molecule has 1 aromatic carbocycles. The minimum atomic E-state index is 0.128. The largest absolute Gasteiger partial charge is 0.361 e. The summed E-state index contributed by atoms with van der Waals surface area (Å²) < 4.78 is 0. The number of nitrogens with zero attached hydrogens (tertiary/aromatic N) is 1. The summed E-state index contributed by atoms with van der Waals surface area (Å²) in [6.07, 6.45) is 2.89. The third-order valence-electron chi connectivity index (χ3n) is 3.03. The van der Waals surface area contributed by atoms with Gasteiger partial charge in [-0.3, -0.25) is 4.79 Å². The highest BCUT2D eigenvalue weighted by atomic mass is 16.2. The van der Waals surface area contributed by atoms with E-state index < -0.39 is 0 Å². The Morgan fingerprint density at radius 2 is 2.33 bits per heavy atom. The fourth-order valence-electron chi connectivity index (χ4n) is 2.26. The number of nitrogens with one attached hydrogen (secondary N) is 1. The van der Waals surface area contributed by atoms with E-state index in [1.54, 1.807) is 6.92 Å². The molecule has 0 saturated heterocycles. The minimum Gasteiger partial charge on any atom is -0.361 e. The summed E-state index contributed by atoms with van der Waals surface area (Å²) in [6, 6.07) is 6.27. The molecule has 15 heavy (non-hydrogen) atoms. The second-order valence-electron chi connectivity index (χ2n) is 3.97. The van der Waals surface area contributed by atoms with Gasteiger partial charge in [-0.25, -0.2) is 0 Å². The fourth-order valence-corrected chi connectivity index (χ4v) is 2.26. The number of aromatic amines is 1. The lowest BCUT2D eigenvalue weighted by Gasteiger charge is -2.14. The molecule has 0 spiro atoms. The van der Waals surface area contributed by atoms with Crippen LogP contribution in [0.4, 0.5) is 5.69 Å². The minimum absolute atomic E-state index is 0.128. The molecule has 0 radical (unpaired) electrons. The number of fused-ring (bicyclic) bond motifs is 2. The van der Waals surface area contributed by atoms with Gasteiger partial charge in [0.25, 0.3) is 0 Å². The second-order valence-corrected chi connectivity index (χ2v) is 3.97. The van der Waals surface area contributed by atoms with E-state index in [-0.39, 0.29) is 5.91 Å². The van der Waals surface area contributed by atoms with E-state index in [1.807, 2.05) is 17.2 Å². The third-order valence-corrected chi connectivity index (χ3v) is 3.03. The van der Waals surface area contributed by atoms with Crippen molar-refractivity contribution in [2.45, 2.75) is 13.3 Å².